The number of para-hydroxylation sites is 1. The summed E-state index contributed by atoms with van der Waals surface area (Å²) in [5, 5.41) is 12.0. The first-order valence-electron chi connectivity index (χ1n) is 6.52. The number of nitrogens with one attached hydrogen (secondary N) is 1. The van der Waals surface area contributed by atoms with E-state index in [0.717, 1.165) is 4.47 Å². The summed E-state index contributed by atoms with van der Waals surface area (Å²) < 4.78 is 6.53. The van der Waals surface area contributed by atoms with Crippen molar-refractivity contribution in [3.05, 3.63) is 58.6 Å². The summed E-state index contributed by atoms with van der Waals surface area (Å²) in [6, 6.07) is 14.4. The number of rotatable bonds is 5. The van der Waals surface area contributed by atoms with E-state index in [1.165, 1.54) is 0 Å². The van der Waals surface area contributed by atoms with Gasteiger partial charge in [0.2, 0.25) is 0 Å². The molecule has 0 fully saturated rings. The lowest BCUT2D eigenvalue weighted by Gasteiger charge is -2.16. The third-order valence-corrected chi connectivity index (χ3v) is 3.47. The second kappa shape index (κ2) is 7.24. The number of benzene rings is 2. The highest BCUT2D eigenvalue weighted by Gasteiger charge is 2.16. The Hall–Kier alpha value is -1.85. The largest absolute Gasteiger partial charge is 0.481 e. The van der Waals surface area contributed by atoms with Crippen LogP contribution in [-0.2, 0) is 11.4 Å². The number of aliphatic hydroxyl groups excluding tert-OH is 1. The van der Waals surface area contributed by atoms with Crippen molar-refractivity contribution in [3.8, 4) is 5.75 Å². The first-order valence-corrected chi connectivity index (χ1v) is 7.31. The molecule has 2 N–H and O–H groups in total. The van der Waals surface area contributed by atoms with Gasteiger partial charge in [-0.1, -0.05) is 34.1 Å². The molecular formula is C16H16BrNO3. The third kappa shape index (κ3) is 4.31. The molecule has 0 aromatic heterocycles. The molecule has 0 heterocycles. The molecule has 2 aromatic rings. The Morgan fingerprint density at radius 1 is 1.24 bits per heavy atom. The summed E-state index contributed by atoms with van der Waals surface area (Å²) in [5.74, 6) is 0.357. The third-order valence-electron chi connectivity index (χ3n) is 2.94. The quantitative estimate of drug-likeness (QED) is 0.870. The van der Waals surface area contributed by atoms with Crippen molar-refractivity contribution in [2.75, 3.05) is 5.32 Å². The summed E-state index contributed by atoms with van der Waals surface area (Å²) in [5.41, 5.74) is 1.26. The van der Waals surface area contributed by atoms with Crippen LogP contribution in [0.2, 0.25) is 0 Å². The van der Waals surface area contributed by atoms with Crippen LogP contribution in [0.3, 0.4) is 0 Å². The average molecular weight is 350 g/mol. The van der Waals surface area contributed by atoms with Crippen LogP contribution in [-0.4, -0.2) is 17.1 Å². The lowest BCUT2D eigenvalue weighted by molar-refractivity contribution is -0.122. The van der Waals surface area contributed by atoms with Crippen molar-refractivity contribution in [2.45, 2.75) is 19.6 Å². The highest BCUT2D eigenvalue weighted by Crippen LogP contribution is 2.19. The number of ether oxygens (including phenoxy) is 1. The van der Waals surface area contributed by atoms with Gasteiger partial charge in [-0.15, -0.1) is 0 Å². The fourth-order valence-electron chi connectivity index (χ4n) is 1.79. The second-order valence-electron chi connectivity index (χ2n) is 4.52. The zero-order chi connectivity index (χ0) is 15.2. The topological polar surface area (TPSA) is 58.6 Å². The molecule has 0 saturated heterocycles. The van der Waals surface area contributed by atoms with Crippen molar-refractivity contribution in [2.24, 2.45) is 0 Å². The fourth-order valence-corrected chi connectivity index (χ4v) is 2.05. The van der Waals surface area contributed by atoms with Gasteiger partial charge in [0.25, 0.3) is 5.91 Å². The maximum atomic E-state index is 12.1. The molecule has 0 bridgehead atoms. The van der Waals surface area contributed by atoms with E-state index in [-0.39, 0.29) is 12.5 Å². The fraction of sp³-hybridized carbons (Fsp3) is 0.188. The average Bonchev–Trinajstić information content (AvgIpc) is 2.50. The van der Waals surface area contributed by atoms with Crippen molar-refractivity contribution in [3.63, 3.8) is 0 Å². The molecule has 1 atom stereocenters. The standard InChI is InChI=1S/C16H16BrNO3/c1-11(21-14-8-6-13(17)7-9-14)16(20)18-15-5-3-2-4-12(15)10-19/h2-9,11,19H,10H2,1H3,(H,18,20). The van der Waals surface area contributed by atoms with Crippen molar-refractivity contribution < 1.29 is 14.6 Å². The van der Waals surface area contributed by atoms with Crippen LogP contribution in [0.25, 0.3) is 0 Å². The molecule has 0 saturated carbocycles. The molecule has 2 rings (SSSR count). The molecule has 5 heteroatoms. The van der Waals surface area contributed by atoms with Gasteiger partial charge in [0, 0.05) is 15.7 Å². The molecule has 110 valence electrons. The van der Waals surface area contributed by atoms with Crippen LogP contribution in [0, 0.1) is 0 Å². The Labute approximate surface area is 131 Å². The van der Waals surface area contributed by atoms with Gasteiger partial charge in [-0.25, -0.2) is 0 Å². The molecule has 1 unspecified atom stereocenters. The Morgan fingerprint density at radius 2 is 1.90 bits per heavy atom. The van der Waals surface area contributed by atoms with Gasteiger partial charge < -0.3 is 15.2 Å². The molecule has 21 heavy (non-hydrogen) atoms. The number of amides is 1. The lowest BCUT2D eigenvalue weighted by Crippen LogP contribution is -2.30. The van der Waals surface area contributed by atoms with Crippen LogP contribution < -0.4 is 10.1 Å². The van der Waals surface area contributed by atoms with Gasteiger partial charge in [0.05, 0.1) is 6.61 Å². The van der Waals surface area contributed by atoms with Gasteiger partial charge in [0.1, 0.15) is 5.75 Å². The number of aliphatic hydroxyl groups is 1. The molecule has 0 aliphatic heterocycles. The molecule has 1 amide bonds. The normalized spacial score (nSPS) is 11.8. The predicted molar refractivity (Wildman–Crippen MR) is 85.2 cm³/mol. The number of carbonyl (C=O) groups is 1. The van der Waals surface area contributed by atoms with E-state index >= 15 is 0 Å². The Balaban J connectivity index is 2.01. The maximum Gasteiger partial charge on any atom is 0.265 e. The van der Waals surface area contributed by atoms with E-state index in [1.807, 2.05) is 18.2 Å². The SMILES string of the molecule is CC(Oc1ccc(Br)cc1)C(=O)Nc1ccccc1CO. The van der Waals surface area contributed by atoms with E-state index in [2.05, 4.69) is 21.2 Å². The smallest absolute Gasteiger partial charge is 0.265 e. The van der Waals surface area contributed by atoms with E-state index in [9.17, 15) is 9.90 Å². The van der Waals surface area contributed by atoms with Crippen molar-refractivity contribution in [1.82, 2.24) is 0 Å². The Bertz CT molecular complexity index is 613. The minimum absolute atomic E-state index is 0.127. The van der Waals surface area contributed by atoms with Gasteiger partial charge in [-0.2, -0.15) is 0 Å². The Morgan fingerprint density at radius 3 is 2.57 bits per heavy atom. The molecule has 4 nitrogen and oxygen atoms in total. The maximum absolute atomic E-state index is 12.1. The lowest BCUT2D eigenvalue weighted by atomic mass is 10.2. The van der Waals surface area contributed by atoms with Crippen molar-refractivity contribution in [1.29, 1.82) is 0 Å². The minimum atomic E-state index is -0.641. The zero-order valence-corrected chi connectivity index (χ0v) is 13.1. The summed E-state index contributed by atoms with van der Waals surface area (Å²) in [6.45, 7) is 1.55. The van der Waals surface area contributed by atoms with Crippen LogP contribution >= 0.6 is 15.9 Å². The van der Waals surface area contributed by atoms with E-state index in [4.69, 9.17) is 4.74 Å². The molecule has 0 aliphatic carbocycles. The highest BCUT2D eigenvalue weighted by atomic mass is 79.9. The van der Waals surface area contributed by atoms with E-state index in [1.54, 1.807) is 37.3 Å². The first-order chi connectivity index (χ1) is 10.1. The Kier molecular flexibility index (Phi) is 5.36. The predicted octanol–water partition coefficient (Wildman–Crippen LogP) is 3.35. The summed E-state index contributed by atoms with van der Waals surface area (Å²) in [6.07, 6.45) is -0.641. The van der Waals surface area contributed by atoms with Crippen molar-refractivity contribution >= 4 is 27.5 Å². The van der Waals surface area contributed by atoms with Gasteiger partial charge >= 0.3 is 0 Å². The van der Waals surface area contributed by atoms with Gasteiger partial charge in [-0.05, 0) is 37.3 Å². The van der Waals surface area contributed by atoms with Crippen LogP contribution in [0.4, 0.5) is 5.69 Å². The summed E-state index contributed by atoms with van der Waals surface area (Å²) in [4.78, 5) is 12.1. The summed E-state index contributed by atoms with van der Waals surface area (Å²) in [7, 11) is 0. The molecular weight excluding hydrogens is 334 g/mol. The van der Waals surface area contributed by atoms with Crippen LogP contribution in [0.5, 0.6) is 5.75 Å². The number of halogens is 1. The number of hydrogen-bond acceptors (Lipinski definition) is 3. The molecule has 0 aliphatic rings. The highest BCUT2D eigenvalue weighted by molar-refractivity contribution is 9.10. The molecule has 2 aromatic carbocycles. The number of anilines is 1. The van der Waals surface area contributed by atoms with Gasteiger partial charge in [0.15, 0.2) is 6.10 Å². The summed E-state index contributed by atoms with van der Waals surface area (Å²) >= 11 is 3.34. The number of carbonyl (C=O) groups excluding carboxylic acids is 1. The van der Waals surface area contributed by atoms with Crippen LogP contribution in [0.1, 0.15) is 12.5 Å². The second-order valence-corrected chi connectivity index (χ2v) is 5.43. The number of hydrogen-bond donors (Lipinski definition) is 2. The monoisotopic (exact) mass is 349 g/mol. The minimum Gasteiger partial charge on any atom is -0.481 e. The van der Waals surface area contributed by atoms with E-state index in [0.29, 0.717) is 17.0 Å². The van der Waals surface area contributed by atoms with Gasteiger partial charge in [-0.3, -0.25) is 4.79 Å². The zero-order valence-electron chi connectivity index (χ0n) is 11.5. The molecule has 0 radical (unpaired) electrons. The van der Waals surface area contributed by atoms with E-state index < -0.39 is 6.10 Å². The molecule has 0 spiro atoms. The van der Waals surface area contributed by atoms with Crippen LogP contribution in [0.15, 0.2) is 53.0 Å². The first kappa shape index (κ1) is 15.5.